The molecule has 1 aliphatic rings. The smallest absolute Gasteiger partial charge is 0.0775 e. The van der Waals surface area contributed by atoms with Crippen LogP contribution < -0.4 is 10.1 Å². The number of fused-ring (bicyclic) bond motifs is 9. The van der Waals surface area contributed by atoms with Crippen LogP contribution >= 0.6 is 0 Å². The highest BCUT2D eigenvalue weighted by atomic mass is 28.3. The second-order valence-corrected chi connectivity index (χ2v) is 18.9. The first kappa shape index (κ1) is 26.9. The number of anilines is 3. The molecular formula is C42H37NSi. The topological polar surface area (TPSA) is 3.24 Å². The van der Waals surface area contributed by atoms with Gasteiger partial charge in [0.15, 0.2) is 0 Å². The second kappa shape index (κ2) is 9.67. The van der Waals surface area contributed by atoms with E-state index in [-0.39, 0.29) is 5.41 Å². The van der Waals surface area contributed by atoms with Gasteiger partial charge in [0.2, 0.25) is 0 Å². The van der Waals surface area contributed by atoms with E-state index in [9.17, 15) is 0 Å². The fraction of sp³-hybridized carbons (Fsp3) is 0.143. The Hall–Kier alpha value is -4.66. The first-order valence-electron chi connectivity index (χ1n) is 15.7. The zero-order valence-corrected chi connectivity index (χ0v) is 27.1. The van der Waals surface area contributed by atoms with Crippen LogP contribution in [0.2, 0.25) is 19.6 Å². The van der Waals surface area contributed by atoms with Crippen molar-refractivity contribution in [2.45, 2.75) is 38.9 Å². The Bertz CT molecular complexity index is 2220. The number of nitrogens with zero attached hydrogens (tertiary/aromatic N) is 1. The van der Waals surface area contributed by atoms with Crippen LogP contribution in [0.4, 0.5) is 17.1 Å². The first-order valence-corrected chi connectivity index (χ1v) is 19.2. The molecule has 2 heteroatoms. The van der Waals surface area contributed by atoms with E-state index >= 15 is 0 Å². The molecule has 214 valence electrons. The molecule has 0 aromatic heterocycles. The van der Waals surface area contributed by atoms with Gasteiger partial charge in [-0.15, -0.1) is 0 Å². The highest BCUT2D eigenvalue weighted by Crippen LogP contribution is 2.55. The Balaban J connectivity index is 1.33. The zero-order valence-electron chi connectivity index (χ0n) is 26.1. The third-order valence-corrected chi connectivity index (χ3v) is 11.8. The Labute approximate surface area is 261 Å². The Morgan fingerprint density at radius 3 is 1.75 bits per heavy atom. The van der Waals surface area contributed by atoms with Gasteiger partial charge >= 0.3 is 0 Å². The third-order valence-electron chi connectivity index (χ3n) is 9.72. The van der Waals surface area contributed by atoms with Crippen LogP contribution in [0.1, 0.15) is 25.0 Å². The van der Waals surface area contributed by atoms with Crippen molar-refractivity contribution in [1.82, 2.24) is 0 Å². The average Bonchev–Trinajstić information content (AvgIpc) is 3.27. The summed E-state index contributed by atoms with van der Waals surface area (Å²) in [6.07, 6.45) is 0. The van der Waals surface area contributed by atoms with E-state index in [0.717, 1.165) is 0 Å². The lowest BCUT2D eigenvalue weighted by Gasteiger charge is -2.27. The number of rotatable bonds is 4. The first-order chi connectivity index (χ1) is 21.2. The van der Waals surface area contributed by atoms with Crippen LogP contribution in [-0.4, -0.2) is 8.07 Å². The summed E-state index contributed by atoms with van der Waals surface area (Å²) >= 11 is 0. The van der Waals surface area contributed by atoms with Crippen LogP contribution in [0.25, 0.3) is 43.4 Å². The summed E-state index contributed by atoms with van der Waals surface area (Å²) in [6, 6.07) is 49.8. The van der Waals surface area contributed by atoms with E-state index in [4.69, 9.17) is 0 Å². The molecule has 7 aromatic rings. The lowest BCUT2D eigenvalue weighted by Crippen LogP contribution is -2.37. The Morgan fingerprint density at radius 2 is 1.07 bits per heavy atom. The van der Waals surface area contributed by atoms with Crippen LogP contribution in [0.3, 0.4) is 0 Å². The van der Waals surface area contributed by atoms with Crippen LogP contribution in [0.15, 0.2) is 133 Å². The summed E-state index contributed by atoms with van der Waals surface area (Å²) in [6.45, 7) is 12.0. The van der Waals surface area contributed by atoms with E-state index in [1.54, 1.807) is 0 Å². The molecule has 8 rings (SSSR count). The maximum absolute atomic E-state index is 2.47. The molecule has 7 aromatic carbocycles. The van der Waals surface area contributed by atoms with Gasteiger partial charge in [0.05, 0.1) is 8.07 Å². The summed E-state index contributed by atoms with van der Waals surface area (Å²) in [5.41, 5.74) is 9.03. The molecule has 0 radical (unpaired) electrons. The number of hydrogen-bond acceptors (Lipinski definition) is 1. The lowest BCUT2D eigenvalue weighted by atomic mass is 9.79. The molecule has 0 saturated heterocycles. The van der Waals surface area contributed by atoms with Crippen LogP contribution in [-0.2, 0) is 5.41 Å². The molecule has 0 heterocycles. The normalized spacial score (nSPS) is 13.8. The lowest BCUT2D eigenvalue weighted by molar-refractivity contribution is 0.667. The molecule has 0 aliphatic heterocycles. The van der Waals surface area contributed by atoms with Crippen molar-refractivity contribution in [3.05, 3.63) is 145 Å². The van der Waals surface area contributed by atoms with Gasteiger partial charge in [0.1, 0.15) is 0 Å². The minimum atomic E-state index is -1.39. The van der Waals surface area contributed by atoms with Crippen molar-refractivity contribution in [2.75, 3.05) is 4.90 Å². The van der Waals surface area contributed by atoms with E-state index < -0.39 is 8.07 Å². The fourth-order valence-electron chi connectivity index (χ4n) is 7.49. The van der Waals surface area contributed by atoms with E-state index in [1.165, 1.54) is 76.8 Å². The van der Waals surface area contributed by atoms with Gasteiger partial charge in [-0.3, -0.25) is 0 Å². The fourth-order valence-corrected chi connectivity index (χ4v) is 8.65. The van der Waals surface area contributed by atoms with Crippen molar-refractivity contribution in [3.63, 3.8) is 0 Å². The SMILES string of the molecule is CC1(C)c2cc3cc(N(c4ccccc4)c4ccc([Si](C)(C)C)cc4)ccc3cc2-c2c1c1ccccc1c1ccccc21. The quantitative estimate of drug-likeness (QED) is 0.147. The van der Waals surface area contributed by atoms with E-state index in [1.807, 2.05) is 0 Å². The van der Waals surface area contributed by atoms with E-state index in [2.05, 4.69) is 172 Å². The molecule has 0 amide bonds. The summed E-state index contributed by atoms with van der Waals surface area (Å²) in [7, 11) is -1.39. The maximum Gasteiger partial charge on any atom is 0.0775 e. The Morgan fingerprint density at radius 1 is 0.500 bits per heavy atom. The van der Waals surface area contributed by atoms with Crippen molar-refractivity contribution in [1.29, 1.82) is 0 Å². The molecular weight excluding hydrogens is 547 g/mol. The van der Waals surface area contributed by atoms with Crippen molar-refractivity contribution < 1.29 is 0 Å². The Kier molecular flexibility index (Phi) is 5.92. The number of benzene rings is 7. The predicted octanol–water partition coefficient (Wildman–Crippen LogP) is 11.5. The summed E-state index contributed by atoms with van der Waals surface area (Å²) in [5.74, 6) is 0. The molecule has 0 spiro atoms. The van der Waals surface area contributed by atoms with Crippen molar-refractivity contribution in [2.24, 2.45) is 0 Å². The number of hydrogen-bond donors (Lipinski definition) is 0. The van der Waals surface area contributed by atoms with Gasteiger partial charge in [-0.2, -0.15) is 0 Å². The van der Waals surface area contributed by atoms with Gasteiger partial charge < -0.3 is 4.90 Å². The largest absolute Gasteiger partial charge is 0.310 e. The van der Waals surface area contributed by atoms with Gasteiger partial charge in [-0.05, 0) is 103 Å². The highest BCUT2D eigenvalue weighted by Gasteiger charge is 2.38. The standard InChI is InChI=1S/C42H37NSi/c1-42(2)39-27-29-25-32(43(30-13-7-6-8-14-30)31-21-23-33(24-22-31)44(3,4)5)20-19-28(29)26-38(39)40-36-17-11-9-15-34(36)35-16-10-12-18-37(35)41(40)42/h6-27H,1-5H3. The molecule has 1 aliphatic carbocycles. The molecule has 0 saturated carbocycles. The van der Waals surface area contributed by atoms with Crippen LogP contribution in [0, 0.1) is 0 Å². The van der Waals surface area contributed by atoms with Gasteiger partial charge in [0.25, 0.3) is 0 Å². The molecule has 0 unspecified atom stereocenters. The predicted molar refractivity (Wildman–Crippen MR) is 194 cm³/mol. The van der Waals surface area contributed by atoms with Gasteiger partial charge in [0, 0.05) is 22.5 Å². The van der Waals surface area contributed by atoms with Gasteiger partial charge in [-0.1, -0.05) is 124 Å². The minimum Gasteiger partial charge on any atom is -0.310 e. The summed E-state index contributed by atoms with van der Waals surface area (Å²) < 4.78 is 0. The third kappa shape index (κ3) is 4.05. The molecule has 0 bridgehead atoms. The average molecular weight is 584 g/mol. The monoisotopic (exact) mass is 583 g/mol. The summed E-state index contributed by atoms with van der Waals surface area (Å²) in [4.78, 5) is 2.39. The van der Waals surface area contributed by atoms with Crippen LogP contribution in [0.5, 0.6) is 0 Å². The van der Waals surface area contributed by atoms with Gasteiger partial charge in [-0.25, -0.2) is 0 Å². The molecule has 0 N–H and O–H groups in total. The zero-order chi connectivity index (χ0) is 30.2. The molecule has 0 atom stereocenters. The van der Waals surface area contributed by atoms with Crippen molar-refractivity contribution >= 4 is 62.6 Å². The minimum absolute atomic E-state index is 0.121. The maximum atomic E-state index is 2.47. The highest BCUT2D eigenvalue weighted by molar-refractivity contribution is 6.88. The molecule has 44 heavy (non-hydrogen) atoms. The molecule has 1 nitrogen and oxygen atoms in total. The summed E-state index contributed by atoms with van der Waals surface area (Å²) in [5, 5.41) is 9.41. The van der Waals surface area contributed by atoms with Crippen molar-refractivity contribution in [3.8, 4) is 11.1 Å². The molecule has 0 fully saturated rings. The number of para-hydroxylation sites is 1. The van der Waals surface area contributed by atoms with E-state index in [0.29, 0.717) is 0 Å². The second-order valence-electron chi connectivity index (χ2n) is 13.9.